The summed E-state index contributed by atoms with van der Waals surface area (Å²) in [6.07, 6.45) is 5.14. The highest BCUT2D eigenvalue weighted by Crippen LogP contribution is 2.30. The van der Waals surface area contributed by atoms with Gasteiger partial charge in [0.15, 0.2) is 0 Å². The molecular weight excluding hydrogens is 355 g/mol. The average molecular weight is 382 g/mol. The minimum absolute atomic E-state index is 0.326. The summed E-state index contributed by atoms with van der Waals surface area (Å²) in [7, 11) is 0. The number of esters is 1. The van der Waals surface area contributed by atoms with E-state index in [0.717, 1.165) is 55.4 Å². The number of hydrogen-bond donors (Lipinski definition) is 1. The fraction of sp³-hybridized carbons (Fsp3) is 0.348. The van der Waals surface area contributed by atoms with Crippen LogP contribution in [-0.2, 0) is 6.42 Å². The van der Waals surface area contributed by atoms with Crippen molar-refractivity contribution in [1.82, 2.24) is 9.88 Å². The van der Waals surface area contributed by atoms with Crippen molar-refractivity contribution in [1.29, 1.82) is 0 Å². The van der Waals surface area contributed by atoms with Crippen LogP contribution in [0.15, 0.2) is 48.7 Å². The van der Waals surface area contributed by atoms with Crippen molar-refractivity contribution < 1.29 is 13.9 Å². The molecule has 0 saturated heterocycles. The molecule has 5 heteroatoms. The molecule has 0 aliphatic heterocycles. The molecule has 3 aromatic rings. The van der Waals surface area contributed by atoms with Gasteiger partial charge in [0, 0.05) is 23.6 Å². The maximum atomic E-state index is 13.1. The highest BCUT2D eigenvalue weighted by atomic mass is 19.1. The molecule has 0 saturated carbocycles. The van der Waals surface area contributed by atoms with Gasteiger partial charge in [-0.05, 0) is 74.3 Å². The van der Waals surface area contributed by atoms with Gasteiger partial charge < -0.3 is 14.6 Å². The number of carbonyl (C=O) groups excluding carboxylic acids is 1. The minimum atomic E-state index is -0.488. The summed E-state index contributed by atoms with van der Waals surface area (Å²) in [5.74, 6) is -0.339. The van der Waals surface area contributed by atoms with Crippen LogP contribution < -0.4 is 4.74 Å². The predicted octanol–water partition coefficient (Wildman–Crippen LogP) is 5.19. The van der Waals surface area contributed by atoms with Crippen molar-refractivity contribution in [2.24, 2.45) is 0 Å². The predicted molar refractivity (Wildman–Crippen MR) is 110 cm³/mol. The van der Waals surface area contributed by atoms with Gasteiger partial charge in [-0.2, -0.15) is 0 Å². The Bertz CT molecular complexity index is 912. The normalized spacial score (nSPS) is 11.3. The van der Waals surface area contributed by atoms with Gasteiger partial charge in [-0.25, -0.2) is 9.18 Å². The Morgan fingerprint density at radius 3 is 2.43 bits per heavy atom. The molecule has 28 heavy (non-hydrogen) atoms. The van der Waals surface area contributed by atoms with Crippen LogP contribution in [0.1, 0.15) is 42.6 Å². The molecule has 0 radical (unpaired) electrons. The number of nitrogens with zero attached hydrogens (tertiary/aromatic N) is 1. The quantitative estimate of drug-likeness (QED) is 0.409. The summed E-state index contributed by atoms with van der Waals surface area (Å²) in [6, 6.07) is 11.0. The Balaban J connectivity index is 1.80. The lowest BCUT2D eigenvalue weighted by molar-refractivity contribution is 0.0737. The van der Waals surface area contributed by atoms with E-state index in [-0.39, 0.29) is 5.82 Å². The standard InChI is InChI=1S/C23H27FN2O2/c1-3-13-26(14-4-2)15-12-18-16-25-20-6-5-7-21(22(18)20)28-23(27)17-8-10-19(24)11-9-17/h5-11,16,25H,3-4,12-15H2,1-2H3. The summed E-state index contributed by atoms with van der Waals surface area (Å²) >= 11 is 0. The molecule has 148 valence electrons. The molecule has 0 aliphatic carbocycles. The third kappa shape index (κ3) is 4.78. The van der Waals surface area contributed by atoms with Crippen molar-refractivity contribution in [3.8, 4) is 5.75 Å². The zero-order chi connectivity index (χ0) is 19.9. The van der Waals surface area contributed by atoms with Crippen molar-refractivity contribution in [3.63, 3.8) is 0 Å². The summed E-state index contributed by atoms with van der Waals surface area (Å²) in [5, 5.41) is 0.936. The lowest BCUT2D eigenvalue weighted by Crippen LogP contribution is -2.27. The SMILES string of the molecule is CCCN(CCC)CCc1c[nH]c2cccc(OC(=O)c3ccc(F)cc3)c12. The fourth-order valence-electron chi connectivity index (χ4n) is 3.49. The maximum absolute atomic E-state index is 13.1. The number of benzene rings is 2. The smallest absolute Gasteiger partial charge is 0.343 e. The summed E-state index contributed by atoms with van der Waals surface area (Å²) in [6.45, 7) is 7.53. The van der Waals surface area contributed by atoms with Crippen LogP contribution in [0.5, 0.6) is 5.75 Å². The van der Waals surface area contributed by atoms with E-state index in [1.165, 1.54) is 24.3 Å². The Hall–Kier alpha value is -2.66. The molecular formula is C23H27FN2O2. The Morgan fingerprint density at radius 2 is 1.75 bits per heavy atom. The van der Waals surface area contributed by atoms with Crippen LogP contribution in [-0.4, -0.2) is 35.5 Å². The van der Waals surface area contributed by atoms with Crippen molar-refractivity contribution >= 4 is 16.9 Å². The molecule has 1 aromatic heterocycles. The largest absolute Gasteiger partial charge is 0.422 e. The van der Waals surface area contributed by atoms with Gasteiger partial charge >= 0.3 is 5.97 Å². The second-order valence-electron chi connectivity index (χ2n) is 6.98. The number of aromatic nitrogens is 1. The number of nitrogens with one attached hydrogen (secondary N) is 1. The number of aromatic amines is 1. The summed E-state index contributed by atoms with van der Waals surface area (Å²) < 4.78 is 18.8. The number of ether oxygens (including phenoxy) is 1. The number of H-pyrrole nitrogens is 1. The van der Waals surface area contributed by atoms with E-state index in [4.69, 9.17) is 4.74 Å². The Morgan fingerprint density at radius 1 is 1.04 bits per heavy atom. The molecule has 0 aliphatic rings. The third-order valence-corrected chi connectivity index (χ3v) is 4.81. The number of carbonyl (C=O) groups is 1. The number of rotatable bonds is 9. The highest BCUT2D eigenvalue weighted by molar-refractivity contribution is 5.96. The van der Waals surface area contributed by atoms with Crippen LogP contribution in [0.3, 0.4) is 0 Å². The van der Waals surface area contributed by atoms with Gasteiger partial charge in [-0.3, -0.25) is 0 Å². The van der Waals surface area contributed by atoms with Gasteiger partial charge in [0.25, 0.3) is 0 Å². The average Bonchev–Trinajstić information content (AvgIpc) is 3.11. The van der Waals surface area contributed by atoms with Gasteiger partial charge in [0.05, 0.1) is 5.56 Å². The zero-order valence-electron chi connectivity index (χ0n) is 16.5. The topological polar surface area (TPSA) is 45.3 Å². The van der Waals surface area contributed by atoms with Crippen LogP contribution in [0.4, 0.5) is 4.39 Å². The van der Waals surface area contributed by atoms with Gasteiger partial charge in [-0.15, -0.1) is 0 Å². The first-order valence-electron chi connectivity index (χ1n) is 9.91. The first kappa shape index (κ1) is 20.1. The number of fused-ring (bicyclic) bond motifs is 1. The van der Waals surface area contributed by atoms with E-state index < -0.39 is 5.97 Å². The van der Waals surface area contributed by atoms with Gasteiger partial charge in [0.2, 0.25) is 0 Å². The molecule has 0 unspecified atom stereocenters. The first-order chi connectivity index (χ1) is 13.6. The van der Waals surface area contributed by atoms with E-state index >= 15 is 0 Å². The van der Waals surface area contributed by atoms with Crippen molar-refractivity contribution in [3.05, 3.63) is 65.6 Å². The van der Waals surface area contributed by atoms with Crippen LogP contribution in [0.25, 0.3) is 10.9 Å². The molecule has 0 spiro atoms. The van der Waals surface area contributed by atoms with E-state index in [1.54, 1.807) is 6.07 Å². The fourth-order valence-corrected chi connectivity index (χ4v) is 3.49. The van der Waals surface area contributed by atoms with Crippen molar-refractivity contribution in [2.45, 2.75) is 33.1 Å². The zero-order valence-corrected chi connectivity index (χ0v) is 16.5. The monoisotopic (exact) mass is 382 g/mol. The molecule has 4 nitrogen and oxygen atoms in total. The number of halogens is 1. The second kappa shape index (κ2) is 9.51. The van der Waals surface area contributed by atoms with E-state index in [0.29, 0.717) is 11.3 Å². The van der Waals surface area contributed by atoms with E-state index in [9.17, 15) is 9.18 Å². The molecule has 1 heterocycles. The van der Waals surface area contributed by atoms with Crippen LogP contribution in [0, 0.1) is 5.82 Å². The Labute approximate surface area is 165 Å². The van der Waals surface area contributed by atoms with Gasteiger partial charge in [-0.1, -0.05) is 19.9 Å². The molecule has 0 fully saturated rings. The third-order valence-electron chi connectivity index (χ3n) is 4.81. The van der Waals surface area contributed by atoms with E-state index in [1.807, 2.05) is 18.3 Å². The van der Waals surface area contributed by atoms with Crippen LogP contribution in [0.2, 0.25) is 0 Å². The Kier molecular flexibility index (Phi) is 6.82. The van der Waals surface area contributed by atoms with Crippen LogP contribution >= 0.6 is 0 Å². The molecule has 0 amide bonds. The lowest BCUT2D eigenvalue weighted by atomic mass is 10.1. The summed E-state index contributed by atoms with van der Waals surface area (Å²) in [5.41, 5.74) is 2.40. The molecule has 0 bridgehead atoms. The minimum Gasteiger partial charge on any atom is -0.422 e. The highest BCUT2D eigenvalue weighted by Gasteiger charge is 2.15. The first-order valence-corrected chi connectivity index (χ1v) is 9.91. The maximum Gasteiger partial charge on any atom is 0.343 e. The number of hydrogen-bond acceptors (Lipinski definition) is 3. The lowest BCUT2D eigenvalue weighted by Gasteiger charge is -2.20. The van der Waals surface area contributed by atoms with Crippen molar-refractivity contribution in [2.75, 3.05) is 19.6 Å². The molecule has 3 rings (SSSR count). The van der Waals surface area contributed by atoms with E-state index in [2.05, 4.69) is 23.7 Å². The second-order valence-corrected chi connectivity index (χ2v) is 6.98. The van der Waals surface area contributed by atoms with Gasteiger partial charge in [0.1, 0.15) is 11.6 Å². The molecule has 0 atom stereocenters. The molecule has 2 aromatic carbocycles. The molecule has 1 N–H and O–H groups in total. The summed E-state index contributed by atoms with van der Waals surface area (Å²) in [4.78, 5) is 18.2.